The predicted octanol–water partition coefficient (Wildman–Crippen LogP) is 4.00. The summed E-state index contributed by atoms with van der Waals surface area (Å²) in [6.45, 7) is 1.74. The quantitative estimate of drug-likeness (QED) is 0.852. The number of anilines is 1. The second-order valence-electron chi connectivity index (χ2n) is 3.71. The van der Waals surface area contributed by atoms with Gasteiger partial charge in [0, 0.05) is 6.20 Å². The van der Waals surface area contributed by atoms with E-state index in [9.17, 15) is 4.79 Å². The molecule has 2 aromatic rings. The number of nitrogens with one attached hydrogen (secondary N) is 1. The highest BCUT2D eigenvalue weighted by molar-refractivity contribution is 6.35. The Balaban J connectivity index is 2.28. The molecule has 0 radical (unpaired) electrons. The second-order valence-corrected chi connectivity index (χ2v) is 4.89. The number of hydrogen-bond acceptors (Lipinski definition) is 3. The smallest absolute Gasteiger partial charge is 0.257 e. The fraction of sp³-hybridized carbons (Fsp3) is 0.0833. The van der Waals surface area contributed by atoms with Gasteiger partial charge in [0.15, 0.2) is 0 Å². The van der Waals surface area contributed by atoms with E-state index >= 15 is 0 Å². The van der Waals surface area contributed by atoms with Crippen LogP contribution in [0.3, 0.4) is 0 Å². The lowest BCUT2D eigenvalue weighted by Gasteiger charge is -2.09. The maximum Gasteiger partial charge on any atom is 0.257 e. The van der Waals surface area contributed by atoms with Crippen molar-refractivity contribution in [2.45, 2.75) is 6.92 Å². The van der Waals surface area contributed by atoms with Crippen LogP contribution in [0, 0.1) is 6.92 Å². The minimum Gasteiger partial charge on any atom is -0.320 e. The highest BCUT2D eigenvalue weighted by atomic mass is 35.5. The van der Waals surface area contributed by atoms with Crippen LogP contribution in [0.15, 0.2) is 24.4 Å². The van der Waals surface area contributed by atoms with Crippen LogP contribution in [-0.4, -0.2) is 15.9 Å². The Morgan fingerprint density at radius 3 is 2.63 bits per heavy atom. The first-order valence-electron chi connectivity index (χ1n) is 5.23. The van der Waals surface area contributed by atoms with Gasteiger partial charge >= 0.3 is 0 Å². The van der Waals surface area contributed by atoms with Crippen LogP contribution >= 0.6 is 34.8 Å². The van der Waals surface area contributed by atoms with Gasteiger partial charge in [-0.1, -0.05) is 34.8 Å². The monoisotopic (exact) mass is 315 g/mol. The molecule has 0 unspecified atom stereocenters. The van der Waals surface area contributed by atoms with Crippen molar-refractivity contribution in [2.75, 3.05) is 5.32 Å². The molecule has 0 fully saturated rings. The number of pyridine rings is 2. The fourth-order valence-corrected chi connectivity index (χ4v) is 1.98. The van der Waals surface area contributed by atoms with Crippen LogP contribution in [-0.2, 0) is 0 Å². The number of hydrogen-bond donors (Lipinski definition) is 1. The molecule has 7 heteroatoms. The lowest BCUT2D eigenvalue weighted by Crippen LogP contribution is -2.14. The number of carbonyl (C=O) groups excluding carboxylic acids is 1. The van der Waals surface area contributed by atoms with E-state index in [1.54, 1.807) is 19.1 Å². The molecule has 4 nitrogen and oxygen atoms in total. The zero-order valence-corrected chi connectivity index (χ0v) is 12.0. The zero-order valence-electron chi connectivity index (χ0n) is 9.75. The molecule has 0 aliphatic heterocycles. The lowest BCUT2D eigenvalue weighted by atomic mass is 10.2. The molecule has 0 aromatic carbocycles. The second kappa shape index (κ2) is 5.74. The minimum absolute atomic E-state index is 0.195. The van der Waals surface area contributed by atoms with E-state index < -0.39 is 0 Å². The van der Waals surface area contributed by atoms with Crippen molar-refractivity contribution >= 4 is 46.4 Å². The van der Waals surface area contributed by atoms with Crippen molar-refractivity contribution in [3.05, 3.63) is 51.0 Å². The molecule has 0 bridgehead atoms. The molecule has 0 saturated carbocycles. The van der Waals surface area contributed by atoms with E-state index in [2.05, 4.69) is 15.3 Å². The van der Waals surface area contributed by atoms with Crippen LogP contribution in [0.2, 0.25) is 15.3 Å². The third kappa shape index (κ3) is 3.35. The number of aryl methyl sites for hydroxylation is 1. The summed E-state index contributed by atoms with van der Waals surface area (Å²) in [5.41, 5.74) is 1.41. The first kappa shape index (κ1) is 14.1. The fourth-order valence-electron chi connectivity index (χ4n) is 1.44. The van der Waals surface area contributed by atoms with Gasteiger partial charge in [-0.05, 0) is 25.1 Å². The molecule has 1 N–H and O–H groups in total. The molecule has 2 heterocycles. The van der Waals surface area contributed by atoms with E-state index in [1.165, 1.54) is 12.3 Å². The Morgan fingerprint density at radius 2 is 1.95 bits per heavy atom. The predicted molar refractivity (Wildman–Crippen MR) is 76.2 cm³/mol. The van der Waals surface area contributed by atoms with Gasteiger partial charge < -0.3 is 5.32 Å². The first-order valence-corrected chi connectivity index (χ1v) is 6.36. The van der Waals surface area contributed by atoms with Gasteiger partial charge in [-0.25, -0.2) is 9.97 Å². The normalized spacial score (nSPS) is 10.3. The highest BCUT2D eigenvalue weighted by Gasteiger charge is 2.13. The largest absolute Gasteiger partial charge is 0.320 e. The SMILES string of the molecule is Cc1nc(Cl)ccc1NC(=O)c1cc(Cl)ncc1Cl. The first-order chi connectivity index (χ1) is 8.97. The Morgan fingerprint density at radius 1 is 1.21 bits per heavy atom. The molecular formula is C12H8Cl3N3O. The maximum absolute atomic E-state index is 12.1. The average Bonchev–Trinajstić information content (AvgIpc) is 2.35. The number of aromatic nitrogens is 2. The van der Waals surface area contributed by atoms with E-state index in [0.717, 1.165) is 0 Å². The van der Waals surface area contributed by atoms with Gasteiger partial charge in [0.2, 0.25) is 0 Å². The molecule has 2 rings (SSSR count). The van der Waals surface area contributed by atoms with Crippen molar-refractivity contribution in [3.63, 3.8) is 0 Å². The Hall–Kier alpha value is -1.36. The van der Waals surface area contributed by atoms with Crippen LogP contribution in [0.4, 0.5) is 5.69 Å². The number of nitrogens with zero attached hydrogens (tertiary/aromatic N) is 2. The van der Waals surface area contributed by atoms with Crippen molar-refractivity contribution < 1.29 is 4.79 Å². The number of halogens is 3. The number of rotatable bonds is 2. The Labute approximate surface area is 124 Å². The zero-order chi connectivity index (χ0) is 14.0. The van der Waals surface area contributed by atoms with Gasteiger partial charge in [0.05, 0.1) is 22.0 Å². The molecule has 0 saturated heterocycles. The Bertz CT molecular complexity index is 646. The Kier molecular flexibility index (Phi) is 4.24. The lowest BCUT2D eigenvalue weighted by molar-refractivity contribution is 0.102. The summed E-state index contributed by atoms with van der Waals surface area (Å²) in [7, 11) is 0. The minimum atomic E-state index is -0.387. The summed E-state index contributed by atoms with van der Waals surface area (Å²) in [4.78, 5) is 19.9. The molecular weight excluding hydrogens is 309 g/mol. The summed E-state index contributed by atoms with van der Waals surface area (Å²) in [6.07, 6.45) is 1.33. The molecule has 0 atom stereocenters. The average molecular weight is 317 g/mol. The molecule has 98 valence electrons. The van der Waals surface area contributed by atoms with E-state index in [4.69, 9.17) is 34.8 Å². The molecule has 0 aliphatic rings. The van der Waals surface area contributed by atoms with Gasteiger partial charge in [-0.2, -0.15) is 0 Å². The summed E-state index contributed by atoms with van der Waals surface area (Å²) < 4.78 is 0. The van der Waals surface area contributed by atoms with Gasteiger partial charge in [-0.3, -0.25) is 4.79 Å². The van der Waals surface area contributed by atoms with Crippen molar-refractivity contribution in [1.82, 2.24) is 9.97 Å². The van der Waals surface area contributed by atoms with Crippen LogP contribution in [0.5, 0.6) is 0 Å². The topological polar surface area (TPSA) is 54.9 Å². The van der Waals surface area contributed by atoms with Crippen LogP contribution in [0.1, 0.15) is 16.1 Å². The third-order valence-corrected chi connectivity index (χ3v) is 3.09. The standard InChI is InChI=1S/C12H8Cl3N3O/c1-6-9(2-3-10(14)17-6)18-12(19)7-4-11(15)16-5-8(7)13/h2-5H,1H3,(H,18,19). The summed E-state index contributed by atoms with van der Waals surface area (Å²) >= 11 is 17.4. The van der Waals surface area contributed by atoms with E-state index in [-0.39, 0.29) is 21.6 Å². The van der Waals surface area contributed by atoms with Gasteiger partial charge in [0.1, 0.15) is 10.3 Å². The molecule has 0 aliphatic carbocycles. The molecule has 0 spiro atoms. The van der Waals surface area contributed by atoms with Gasteiger partial charge in [-0.15, -0.1) is 0 Å². The maximum atomic E-state index is 12.1. The molecule has 19 heavy (non-hydrogen) atoms. The summed E-state index contributed by atoms with van der Waals surface area (Å²) in [5, 5.41) is 3.47. The number of carbonyl (C=O) groups is 1. The molecule has 1 amide bonds. The van der Waals surface area contributed by atoms with E-state index in [1.807, 2.05) is 0 Å². The van der Waals surface area contributed by atoms with E-state index in [0.29, 0.717) is 16.5 Å². The summed E-state index contributed by atoms with van der Waals surface area (Å²) in [6, 6.07) is 4.66. The summed E-state index contributed by atoms with van der Waals surface area (Å²) in [5.74, 6) is -0.387. The third-order valence-electron chi connectivity index (χ3n) is 2.37. The number of amides is 1. The van der Waals surface area contributed by atoms with Crippen molar-refractivity contribution in [2.24, 2.45) is 0 Å². The molecule has 2 aromatic heterocycles. The van der Waals surface area contributed by atoms with Crippen molar-refractivity contribution in [1.29, 1.82) is 0 Å². The van der Waals surface area contributed by atoms with Crippen LogP contribution < -0.4 is 5.32 Å². The van der Waals surface area contributed by atoms with Crippen molar-refractivity contribution in [3.8, 4) is 0 Å². The van der Waals surface area contributed by atoms with Crippen LogP contribution in [0.25, 0.3) is 0 Å². The van der Waals surface area contributed by atoms with Gasteiger partial charge in [0.25, 0.3) is 5.91 Å². The highest BCUT2D eigenvalue weighted by Crippen LogP contribution is 2.21.